The number of carbonyl (C=O) groups excluding carboxylic acids is 1. The number of nitrogens with one attached hydrogen (secondary N) is 1. The van der Waals surface area contributed by atoms with Gasteiger partial charge in [-0.25, -0.2) is 17.7 Å². The van der Waals surface area contributed by atoms with Crippen molar-refractivity contribution in [3.8, 4) is 0 Å². The highest BCUT2D eigenvalue weighted by atomic mass is 32.2. The monoisotopic (exact) mass is 406 g/mol. The Morgan fingerprint density at radius 3 is 2.52 bits per heavy atom. The molecule has 0 bridgehead atoms. The maximum absolute atomic E-state index is 13.4. The van der Waals surface area contributed by atoms with Crippen molar-refractivity contribution in [2.24, 2.45) is 0 Å². The topological polar surface area (TPSA) is 84.3 Å². The van der Waals surface area contributed by atoms with Crippen LogP contribution >= 0.6 is 0 Å². The zero-order valence-corrected chi connectivity index (χ0v) is 16.0. The summed E-state index contributed by atoms with van der Waals surface area (Å²) in [4.78, 5) is 15.2. The minimum atomic E-state index is -4.74. The average molecular weight is 406 g/mol. The molecule has 11 heteroatoms. The molecule has 0 aliphatic heterocycles. The Labute approximate surface area is 155 Å². The Balaban J connectivity index is 2.47. The predicted octanol–water partition coefficient (Wildman–Crippen LogP) is 2.22. The molecule has 1 aromatic heterocycles. The Hall–Kier alpha value is -2.14. The van der Waals surface area contributed by atoms with Gasteiger partial charge in [0.25, 0.3) is 0 Å². The van der Waals surface area contributed by atoms with Crippen molar-refractivity contribution in [2.45, 2.75) is 37.4 Å². The van der Waals surface area contributed by atoms with E-state index in [4.69, 9.17) is 0 Å². The van der Waals surface area contributed by atoms with E-state index in [1.54, 1.807) is 0 Å². The van der Waals surface area contributed by atoms with Crippen LogP contribution in [0.5, 0.6) is 0 Å². The molecular formula is C16H21F3N4O3S. The van der Waals surface area contributed by atoms with E-state index in [2.05, 4.69) is 10.3 Å². The van der Waals surface area contributed by atoms with Crippen LogP contribution in [0.1, 0.15) is 25.6 Å². The highest BCUT2D eigenvalue weighted by Gasteiger charge is 2.37. The van der Waals surface area contributed by atoms with Gasteiger partial charge in [0.15, 0.2) is 0 Å². The second-order valence-corrected chi connectivity index (χ2v) is 8.27. The van der Waals surface area contributed by atoms with Crippen molar-refractivity contribution in [1.29, 1.82) is 0 Å². The molecule has 0 saturated carbocycles. The standard InChI is InChI=1S/C16H21F3N4O3S/c1-4-8-20-14(24)7-9-23-13-6-5-11(27(25,26)22(2)3)10-12(13)21-15(23)16(17,18)19/h5-6,10H,4,7-9H2,1-3H3,(H,20,24). The van der Waals surface area contributed by atoms with Crippen LogP contribution in [-0.2, 0) is 27.5 Å². The van der Waals surface area contributed by atoms with Crippen LogP contribution in [0.2, 0.25) is 0 Å². The molecule has 7 nitrogen and oxygen atoms in total. The van der Waals surface area contributed by atoms with Crippen LogP contribution in [0.25, 0.3) is 11.0 Å². The molecule has 0 spiro atoms. The molecule has 1 N–H and O–H groups in total. The fraction of sp³-hybridized carbons (Fsp3) is 0.500. The van der Waals surface area contributed by atoms with Gasteiger partial charge < -0.3 is 9.88 Å². The number of fused-ring (bicyclic) bond motifs is 1. The maximum atomic E-state index is 13.4. The summed E-state index contributed by atoms with van der Waals surface area (Å²) in [6.07, 6.45) is -4.16. The third-order valence-electron chi connectivity index (χ3n) is 3.89. The summed E-state index contributed by atoms with van der Waals surface area (Å²) < 4.78 is 66.4. The molecule has 0 aliphatic rings. The first-order valence-corrected chi connectivity index (χ1v) is 9.69. The summed E-state index contributed by atoms with van der Waals surface area (Å²) in [5.41, 5.74) is 0.0162. The molecule has 0 atom stereocenters. The normalized spacial score (nSPS) is 12.7. The summed E-state index contributed by atoms with van der Waals surface area (Å²) in [5, 5.41) is 2.60. The molecular weight excluding hydrogens is 385 g/mol. The first-order chi connectivity index (χ1) is 12.5. The predicted molar refractivity (Wildman–Crippen MR) is 93.5 cm³/mol. The molecule has 0 unspecified atom stereocenters. The third-order valence-corrected chi connectivity index (χ3v) is 5.70. The van der Waals surface area contributed by atoms with Crippen molar-refractivity contribution >= 4 is 27.0 Å². The fourth-order valence-corrected chi connectivity index (χ4v) is 3.41. The van der Waals surface area contributed by atoms with Crippen LogP contribution in [0.15, 0.2) is 23.1 Å². The number of sulfonamides is 1. The second-order valence-electron chi connectivity index (χ2n) is 6.12. The van der Waals surface area contributed by atoms with Crippen LogP contribution in [0.4, 0.5) is 13.2 Å². The van der Waals surface area contributed by atoms with Crippen molar-refractivity contribution in [3.05, 3.63) is 24.0 Å². The molecule has 0 saturated heterocycles. The van der Waals surface area contributed by atoms with Gasteiger partial charge in [0, 0.05) is 33.6 Å². The lowest BCUT2D eigenvalue weighted by molar-refractivity contribution is -0.147. The fourth-order valence-electron chi connectivity index (χ4n) is 2.49. The number of hydrogen-bond acceptors (Lipinski definition) is 4. The van der Waals surface area contributed by atoms with Gasteiger partial charge in [0.1, 0.15) is 0 Å². The lowest BCUT2D eigenvalue weighted by atomic mass is 10.3. The van der Waals surface area contributed by atoms with Gasteiger partial charge in [-0.2, -0.15) is 13.2 Å². The number of aryl methyl sites for hydroxylation is 1. The van der Waals surface area contributed by atoms with E-state index in [0.29, 0.717) is 6.54 Å². The molecule has 0 aliphatic carbocycles. The molecule has 27 heavy (non-hydrogen) atoms. The van der Waals surface area contributed by atoms with Gasteiger partial charge in [-0.3, -0.25) is 4.79 Å². The average Bonchev–Trinajstić information content (AvgIpc) is 2.96. The minimum absolute atomic E-state index is 0.0979. The zero-order valence-electron chi connectivity index (χ0n) is 15.2. The Morgan fingerprint density at radius 1 is 1.30 bits per heavy atom. The first-order valence-electron chi connectivity index (χ1n) is 8.25. The Morgan fingerprint density at radius 2 is 1.96 bits per heavy atom. The molecule has 0 radical (unpaired) electrons. The van der Waals surface area contributed by atoms with Gasteiger partial charge in [0.05, 0.1) is 15.9 Å². The molecule has 1 amide bonds. The maximum Gasteiger partial charge on any atom is 0.449 e. The number of rotatable bonds is 7. The number of nitrogens with zero attached hydrogens (tertiary/aromatic N) is 3. The number of aromatic nitrogens is 2. The summed E-state index contributed by atoms with van der Waals surface area (Å²) in [7, 11) is -1.15. The highest BCUT2D eigenvalue weighted by Crippen LogP contribution is 2.32. The molecule has 2 aromatic rings. The summed E-state index contributed by atoms with van der Waals surface area (Å²) >= 11 is 0. The van der Waals surface area contributed by atoms with Crippen LogP contribution in [0, 0.1) is 0 Å². The second kappa shape index (κ2) is 7.85. The third kappa shape index (κ3) is 4.59. The van der Waals surface area contributed by atoms with E-state index in [0.717, 1.165) is 21.4 Å². The lowest BCUT2D eigenvalue weighted by Crippen LogP contribution is -2.26. The Bertz CT molecular complexity index is 936. The van der Waals surface area contributed by atoms with Gasteiger partial charge >= 0.3 is 6.18 Å². The Kier molecular flexibility index (Phi) is 6.15. The number of hydrogen-bond donors (Lipinski definition) is 1. The number of amides is 1. The molecule has 2 rings (SSSR count). The number of benzene rings is 1. The smallest absolute Gasteiger partial charge is 0.356 e. The number of alkyl halides is 3. The summed E-state index contributed by atoms with van der Waals surface area (Å²) in [5.74, 6) is -1.53. The largest absolute Gasteiger partial charge is 0.449 e. The minimum Gasteiger partial charge on any atom is -0.356 e. The van der Waals surface area contributed by atoms with Crippen LogP contribution in [0.3, 0.4) is 0 Å². The first kappa shape index (κ1) is 21.2. The van der Waals surface area contributed by atoms with Gasteiger partial charge in [-0.05, 0) is 24.6 Å². The van der Waals surface area contributed by atoms with Crippen molar-refractivity contribution in [2.75, 3.05) is 20.6 Å². The molecule has 0 fully saturated rings. The summed E-state index contributed by atoms with van der Waals surface area (Å²) in [6.45, 7) is 2.09. The van der Waals surface area contributed by atoms with Crippen LogP contribution < -0.4 is 5.32 Å². The van der Waals surface area contributed by atoms with Crippen LogP contribution in [-0.4, -0.2) is 48.8 Å². The summed E-state index contributed by atoms with van der Waals surface area (Å²) in [6, 6.07) is 3.61. The molecule has 1 heterocycles. The molecule has 150 valence electrons. The van der Waals surface area contributed by atoms with Gasteiger partial charge in [-0.15, -0.1) is 0 Å². The SMILES string of the molecule is CCCNC(=O)CCn1c(C(F)(F)F)nc2cc(S(=O)(=O)N(C)C)ccc21. The van der Waals surface area contributed by atoms with E-state index < -0.39 is 22.0 Å². The van der Waals surface area contributed by atoms with Gasteiger partial charge in [-0.1, -0.05) is 6.92 Å². The zero-order chi connectivity index (χ0) is 20.4. The number of halogens is 3. The van der Waals surface area contributed by atoms with E-state index >= 15 is 0 Å². The van der Waals surface area contributed by atoms with Crippen molar-refractivity contribution < 1.29 is 26.4 Å². The van der Waals surface area contributed by atoms with E-state index in [1.165, 1.54) is 26.2 Å². The van der Waals surface area contributed by atoms with Crippen molar-refractivity contribution in [1.82, 2.24) is 19.2 Å². The van der Waals surface area contributed by atoms with E-state index in [1.807, 2.05) is 6.92 Å². The highest BCUT2D eigenvalue weighted by molar-refractivity contribution is 7.89. The van der Waals surface area contributed by atoms with E-state index in [-0.39, 0.29) is 34.8 Å². The van der Waals surface area contributed by atoms with Gasteiger partial charge in [0.2, 0.25) is 21.8 Å². The quantitative estimate of drug-likeness (QED) is 0.764. The number of imidazole rings is 1. The van der Waals surface area contributed by atoms with Crippen molar-refractivity contribution in [3.63, 3.8) is 0 Å². The van der Waals surface area contributed by atoms with E-state index in [9.17, 15) is 26.4 Å². The molecule has 1 aromatic carbocycles. The number of carbonyl (C=O) groups is 1. The lowest BCUT2D eigenvalue weighted by Gasteiger charge is -2.12.